The number of halogens is 3. The molecule has 12 nitrogen and oxygen atoms in total. The van der Waals surface area contributed by atoms with Gasteiger partial charge in [0.05, 0.1) is 6.33 Å². The molecule has 0 aliphatic carbocycles. The van der Waals surface area contributed by atoms with Crippen LogP contribution in [-0.4, -0.2) is 55.2 Å². The van der Waals surface area contributed by atoms with E-state index < -0.39 is 71.4 Å². The fourth-order valence-electron chi connectivity index (χ4n) is 3.95. The van der Waals surface area contributed by atoms with Crippen LogP contribution in [-0.2, 0) is 14.2 Å². The van der Waals surface area contributed by atoms with Crippen LogP contribution in [0.2, 0.25) is 0 Å². The number of nitrogens with two attached hydrogens (primary N) is 1. The number of ether oxygens (including phenoxy) is 4. The van der Waals surface area contributed by atoms with Gasteiger partial charge in [-0.05, 0) is 13.8 Å². The normalized spacial score (nSPS) is 26.1. The quantitative estimate of drug-likeness (QED) is 0.456. The van der Waals surface area contributed by atoms with Gasteiger partial charge in [0.2, 0.25) is 29.3 Å². The minimum Gasteiger partial charge on any atom is -0.484 e. The van der Waals surface area contributed by atoms with E-state index in [1.54, 1.807) is 13.8 Å². The van der Waals surface area contributed by atoms with Gasteiger partial charge in [0.25, 0.3) is 11.1 Å². The first kappa shape index (κ1) is 21.4. The molecular formula is C18H17F3N6O6. The van der Waals surface area contributed by atoms with E-state index in [0.29, 0.717) is 0 Å². The van der Waals surface area contributed by atoms with E-state index in [1.807, 2.05) is 0 Å². The number of fused-ring (bicyclic) bond motifs is 2. The smallest absolute Gasteiger partial charge is 0.290 e. The Morgan fingerprint density at radius 3 is 2.64 bits per heavy atom. The zero-order valence-electron chi connectivity index (χ0n) is 17.1. The van der Waals surface area contributed by atoms with Gasteiger partial charge in [-0.15, -0.1) is 0 Å². The van der Waals surface area contributed by atoms with Crippen molar-refractivity contribution in [2.24, 2.45) is 0 Å². The van der Waals surface area contributed by atoms with Gasteiger partial charge in [-0.3, -0.25) is 24.1 Å². The van der Waals surface area contributed by atoms with Gasteiger partial charge >= 0.3 is 0 Å². The molecule has 2 aliphatic heterocycles. The Hall–Kier alpha value is -3.43. The van der Waals surface area contributed by atoms with Gasteiger partial charge in [-0.2, -0.15) is 18.2 Å². The van der Waals surface area contributed by atoms with Crippen molar-refractivity contribution in [3.8, 4) is 5.75 Å². The second-order valence-electron chi connectivity index (χ2n) is 7.94. The second kappa shape index (κ2) is 7.29. The maximum Gasteiger partial charge on any atom is 0.290 e. The van der Waals surface area contributed by atoms with Crippen LogP contribution in [0.25, 0.3) is 11.2 Å². The van der Waals surface area contributed by atoms with Gasteiger partial charge in [-0.1, -0.05) is 0 Å². The minimum atomic E-state index is -1.69. The summed E-state index contributed by atoms with van der Waals surface area (Å²) in [6.07, 6.45) is -2.16. The second-order valence-corrected chi connectivity index (χ2v) is 7.94. The zero-order valence-corrected chi connectivity index (χ0v) is 17.1. The maximum absolute atomic E-state index is 14.0. The molecule has 176 valence electrons. The van der Waals surface area contributed by atoms with Crippen molar-refractivity contribution in [2.45, 2.75) is 44.2 Å². The third-order valence-electron chi connectivity index (χ3n) is 5.26. The van der Waals surface area contributed by atoms with Crippen molar-refractivity contribution in [1.82, 2.24) is 24.5 Å². The summed E-state index contributed by atoms with van der Waals surface area (Å²) in [7, 11) is 0. The molecule has 4 atom stereocenters. The topological polar surface area (TPSA) is 159 Å². The fraction of sp³-hybridized carbons (Fsp3) is 0.444. The average Bonchev–Trinajstić information content (AvgIpc) is 3.37. The molecule has 3 aromatic rings. The van der Waals surface area contributed by atoms with Crippen molar-refractivity contribution in [3.05, 3.63) is 44.6 Å². The van der Waals surface area contributed by atoms with Gasteiger partial charge in [0.15, 0.2) is 23.2 Å². The summed E-state index contributed by atoms with van der Waals surface area (Å²) >= 11 is 0. The number of nitrogens with one attached hydrogen (secondary N) is 2. The highest BCUT2D eigenvalue weighted by molar-refractivity contribution is 5.70. The number of aromatic nitrogens is 5. The van der Waals surface area contributed by atoms with Gasteiger partial charge in [-0.25, -0.2) is 4.98 Å². The number of anilines is 1. The van der Waals surface area contributed by atoms with Crippen LogP contribution >= 0.6 is 0 Å². The predicted octanol–water partition coefficient (Wildman–Crippen LogP) is 0.304. The summed E-state index contributed by atoms with van der Waals surface area (Å²) in [5.41, 5.74) is 3.72. The third-order valence-corrected chi connectivity index (χ3v) is 5.26. The summed E-state index contributed by atoms with van der Waals surface area (Å²) in [6.45, 7) is 2.79. The monoisotopic (exact) mass is 470 g/mol. The van der Waals surface area contributed by atoms with Gasteiger partial charge in [0, 0.05) is 0 Å². The molecule has 0 radical (unpaired) electrons. The van der Waals surface area contributed by atoms with Crippen molar-refractivity contribution in [2.75, 3.05) is 12.3 Å². The van der Waals surface area contributed by atoms with E-state index in [-0.39, 0.29) is 17.1 Å². The molecule has 33 heavy (non-hydrogen) atoms. The lowest BCUT2D eigenvalue weighted by atomic mass is 10.1. The number of nitrogens with zero attached hydrogens (tertiary/aromatic N) is 3. The largest absolute Gasteiger partial charge is 0.484 e. The summed E-state index contributed by atoms with van der Waals surface area (Å²) in [4.78, 5) is 35.4. The highest BCUT2D eigenvalue weighted by atomic mass is 19.2. The first-order chi connectivity index (χ1) is 15.6. The number of aromatic amines is 2. The summed E-state index contributed by atoms with van der Waals surface area (Å²) < 4.78 is 65.7. The van der Waals surface area contributed by atoms with Crippen LogP contribution in [0.5, 0.6) is 5.75 Å². The van der Waals surface area contributed by atoms with Gasteiger partial charge < -0.3 is 24.7 Å². The number of H-pyrrole nitrogens is 2. The van der Waals surface area contributed by atoms with Crippen molar-refractivity contribution >= 4 is 17.1 Å². The van der Waals surface area contributed by atoms with Crippen molar-refractivity contribution in [1.29, 1.82) is 0 Å². The molecule has 5 heterocycles. The molecular weight excluding hydrogens is 453 g/mol. The minimum absolute atomic E-state index is 0.00496. The van der Waals surface area contributed by atoms with Gasteiger partial charge in [0.1, 0.15) is 24.9 Å². The van der Waals surface area contributed by atoms with E-state index in [2.05, 4.69) is 15.0 Å². The first-order valence-electron chi connectivity index (χ1n) is 9.68. The standard InChI is InChI=1S/C18H17F3N6O6/c1-18(2)32-9-5(3-30-10-6(19)12(21)24-14(28)7(10)20)31-16(11(9)33-18)27-4-23-8-13(27)25-17(22)26-15(8)29/h4-5,9,11,16H,3H2,1-2H3,(H,24,28)(H3,22,25,26,29)/t5-,9-,11-,16-/m1/s1. The number of hydrogen-bond donors (Lipinski definition) is 3. The number of nitrogen functional groups attached to an aromatic ring is 1. The molecule has 2 saturated heterocycles. The molecule has 0 bridgehead atoms. The Bertz CT molecular complexity index is 1370. The van der Waals surface area contributed by atoms with Crippen LogP contribution in [0.15, 0.2) is 15.9 Å². The molecule has 3 aromatic heterocycles. The predicted molar refractivity (Wildman–Crippen MR) is 103 cm³/mol. The number of pyridine rings is 1. The van der Waals surface area contributed by atoms with Crippen molar-refractivity contribution in [3.63, 3.8) is 0 Å². The molecule has 0 unspecified atom stereocenters. The third kappa shape index (κ3) is 3.44. The zero-order chi connectivity index (χ0) is 23.7. The molecule has 0 aromatic carbocycles. The lowest BCUT2D eigenvalue weighted by molar-refractivity contribution is -0.199. The Morgan fingerprint density at radius 2 is 1.88 bits per heavy atom. The number of imidazole rings is 1. The number of rotatable bonds is 4. The lowest BCUT2D eigenvalue weighted by Crippen LogP contribution is -2.34. The van der Waals surface area contributed by atoms with E-state index >= 15 is 0 Å². The molecule has 4 N–H and O–H groups in total. The van der Waals surface area contributed by atoms with Crippen molar-refractivity contribution < 1.29 is 32.1 Å². The Balaban J connectivity index is 1.48. The number of hydrogen-bond acceptors (Lipinski definition) is 9. The van der Waals surface area contributed by atoms with Crippen LogP contribution in [0.3, 0.4) is 0 Å². The average molecular weight is 470 g/mol. The fourth-order valence-corrected chi connectivity index (χ4v) is 3.95. The lowest BCUT2D eigenvalue weighted by Gasteiger charge is -2.24. The summed E-state index contributed by atoms with van der Waals surface area (Å²) in [5, 5.41) is 0. The van der Waals surface area contributed by atoms with E-state index in [0.717, 1.165) is 0 Å². The Labute approximate surface area is 181 Å². The molecule has 2 aliphatic rings. The molecule has 15 heteroatoms. The summed E-state index contributed by atoms with van der Waals surface area (Å²) in [5.74, 6) is -7.37. The molecule has 0 spiro atoms. The highest BCUT2D eigenvalue weighted by Crippen LogP contribution is 2.43. The van der Waals surface area contributed by atoms with E-state index in [4.69, 9.17) is 24.7 Å². The van der Waals surface area contributed by atoms with Crippen LogP contribution in [0.4, 0.5) is 19.1 Å². The highest BCUT2D eigenvalue weighted by Gasteiger charge is 2.56. The maximum atomic E-state index is 14.0. The van der Waals surface area contributed by atoms with E-state index in [1.165, 1.54) is 15.9 Å². The Morgan fingerprint density at radius 1 is 1.15 bits per heavy atom. The molecule has 2 fully saturated rings. The molecule has 0 saturated carbocycles. The molecule has 0 amide bonds. The summed E-state index contributed by atoms with van der Waals surface area (Å²) in [6, 6.07) is 0. The SMILES string of the molecule is CC1(C)O[C@@H]2[C@H](O1)[C@@H](COc1c(F)c(F)[nH]c(=O)c1F)O[C@H]2n1cnc2c(=O)[nH]c(N)nc21. The van der Waals surface area contributed by atoms with Crippen LogP contribution < -0.4 is 21.6 Å². The van der Waals surface area contributed by atoms with Crippen LogP contribution in [0, 0.1) is 17.6 Å². The molecule has 5 rings (SSSR count). The van der Waals surface area contributed by atoms with E-state index in [9.17, 15) is 22.8 Å². The Kier molecular flexibility index (Phi) is 4.73. The first-order valence-corrected chi connectivity index (χ1v) is 9.68. The van der Waals surface area contributed by atoms with Crippen LogP contribution in [0.1, 0.15) is 20.1 Å².